The number of unbranched alkanes of at least 4 members (excludes halogenated alkanes) is 9. The van der Waals surface area contributed by atoms with Crippen LogP contribution in [0.2, 0.25) is 0 Å². The fourth-order valence-electron chi connectivity index (χ4n) is 3.21. The Kier molecular flexibility index (Phi) is 15.1. The van der Waals surface area contributed by atoms with Crippen molar-refractivity contribution in [3.8, 4) is 0 Å². The van der Waals surface area contributed by atoms with E-state index in [0.29, 0.717) is 12.8 Å². The summed E-state index contributed by atoms with van der Waals surface area (Å²) < 4.78 is 31.2. The van der Waals surface area contributed by atoms with Gasteiger partial charge in [-0.3, -0.25) is 4.55 Å². The molecule has 0 aromatic carbocycles. The zero-order chi connectivity index (χ0) is 18.3. The molecular weight excluding hydrogens is 324 g/mol. The van der Waals surface area contributed by atoms with Gasteiger partial charge in [0.15, 0.2) is 0 Å². The van der Waals surface area contributed by atoms with Crippen LogP contribution in [0.5, 0.6) is 0 Å². The first-order valence-corrected chi connectivity index (χ1v) is 11.6. The number of hydrogen-bond acceptors (Lipinski definition) is 3. The van der Waals surface area contributed by atoms with Crippen LogP contribution in [0.25, 0.3) is 0 Å². The van der Waals surface area contributed by atoms with E-state index in [1.54, 1.807) is 0 Å². The van der Waals surface area contributed by atoms with Gasteiger partial charge >= 0.3 is 0 Å². The zero-order valence-corrected chi connectivity index (χ0v) is 16.7. The first kappa shape index (κ1) is 23.9. The number of aliphatic hydroxyl groups is 1. The van der Waals surface area contributed by atoms with Gasteiger partial charge in [-0.1, -0.05) is 84.5 Å². The Hall–Kier alpha value is -0.130. The van der Waals surface area contributed by atoms with Crippen molar-refractivity contribution in [3.63, 3.8) is 0 Å². The summed E-state index contributed by atoms with van der Waals surface area (Å²) in [6.45, 7) is 3.92. The molecule has 146 valence electrons. The van der Waals surface area contributed by atoms with Crippen LogP contribution in [-0.4, -0.2) is 29.4 Å². The maximum atomic E-state index is 11.1. The predicted molar refractivity (Wildman–Crippen MR) is 102 cm³/mol. The lowest BCUT2D eigenvalue weighted by atomic mass is 10.0. The monoisotopic (exact) mass is 364 g/mol. The van der Waals surface area contributed by atoms with Crippen LogP contribution in [0.15, 0.2) is 0 Å². The molecular formula is C19H40O4S. The molecule has 2 atom stereocenters. The summed E-state index contributed by atoms with van der Waals surface area (Å²) in [6, 6.07) is 0. The normalized spacial score (nSPS) is 14.7. The summed E-state index contributed by atoms with van der Waals surface area (Å²) in [7, 11) is -3.85. The van der Waals surface area contributed by atoms with Crippen molar-refractivity contribution in [2.45, 2.75) is 122 Å². The number of aliphatic hydroxyl groups excluding tert-OH is 1. The molecule has 0 aromatic heterocycles. The minimum absolute atomic E-state index is 0.0943. The lowest BCUT2D eigenvalue weighted by molar-refractivity contribution is 0.150. The summed E-state index contributed by atoms with van der Waals surface area (Å²) in [6.07, 6.45) is 15.7. The Morgan fingerprint density at radius 2 is 1.12 bits per heavy atom. The van der Waals surface area contributed by atoms with E-state index >= 15 is 0 Å². The van der Waals surface area contributed by atoms with Crippen molar-refractivity contribution in [3.05, 3.63) is 0 Å². The third-order valence-electron chi connectivity index (χ3n) is 4.81. The maximum absolute atomic E-state index is 11.1. The standard InChI is InChI=1S/C19H40O4S/c1-3-15-18(20)16-13-11-9-7-5-6-8-10-12-14-17-19(4-2)24(21,22)23/h18-20H,3-17H2,1-2H3,(H,21,22,23). The van der Waals surface area contributed by atoms with Crippen molar-refractivity contribution in [1.29, 1.82) is 0 Å². The van der Waals surface area contributed by atoms with E-state index in [4.69, 9.17) is 4.55 Å². The van der Waals surface area contributed by atoms with Crippen molar-refractivity contribution < 1.29 is 18.1 Å². The van der Waals surface area contributed by atoms with Gasteiger partial charge in [-0.2, -0.15) is 8.42 Å². The van der Waals surface area contributed by atoms with Crippen LogP contribution in [0, 0.1) is 0 Å². The third-order valence-corrected chi connectivity index (χ3v) is 6.22. The summed E-state index contributed by atoms with van der Waals surface area (Å²) in [4.78, 5) is 0. The second kappa shape index (κ2) is 15.2. The van der Waals surface area contributed by atoms with E-state index in [2.05, 4.69) is 6.92 Å². The van der Waals surface area contributed by atoms with Crippen LogP contribution < -0.4 is 0 Å². The molecule has 0 saturated carbocycles. The quantitative estimate of drug-likeness (QED) is 0.264. The maximum Gasteiger partial charge on any atom is 0.267 e. The van der Waals surface area contributed by atoms with Crippen LogP contribution in [0.4, 0.5) is 0 Å². The summed E-state index contributed by atoms with van der Waals surface area (Å²) in [5, 5.41) is 9.06. The fourth-order valence-corrected chi connectivity index (χ4v) is 4.09. The second-order valence-electron chi connectivity index (χ2n) is 7.10. The van der Waals surface area contributed by atoms with E-state index in [-0.39, 0.29) is 6.10 Å². The molecule has 0 amide bonds. The topological polar surface area (TPSA) is 74.6 Å². The molecule has 0 radical (unpaired) electrons. The minimum atomic E-state index is -3.85. The fraction of sp³-hybridized carbons (Fsp3) is 1.00. The SMILES string of the molecule is CCCC(O)CCCCCCCCCCCCC(CC)S(=O)(=O)O. The van der Waals surface area contributed by atoms with Gasteiger partial charge in [0, 0.05) is 0 Å². The Labute approximate surface area is 150 Å². The highest BCUT2D eigenvalue weighted by Crippen LogP contribution is 2.16. The smallest absolute Gasteiger partial charge is 0.267 e. The largest absolute Gasteiger partial charge is 0.393 e. The Morgan fingerprint density at radius 3 is 1.50 bits per heavy atom. The first-order chi connectivity index (χ1) is 11.4. The molecule has 0 aliphatic rings. The highest BCUT2D eigenvalue weighted by Gasteiger charge is 2.19. The molecule has 0 rings (SSSR count). The summed E-state index contributed by atoms with van der Waals surface area (Å²) in [5.41, 5.74) is 0. The molecule has 5 heteroatoms. The van der Waals surface area contributed by atoms with Gasteiger partial charge in [0.2, 0.25) is 0 Å². The number of hydrogen-bond donors (Lipinski definition) is 2. The van der Waals surface area contributed by atoms with Gasteiger partial charge in [-0.15, -0.1) is 0 Å². The van der Waals surface area contributed by atoms with E-state index in [9.17, 15) is 13.5 Å². The van der Waals surface area contributed by atoms with Gasteiger partial charge in [-0.05, 0) is 25.7 Å². The molecule has 0 saturated heterocycles. The van der Waals surface area contributed by atoms with Crippen molar-refractivity contribution in [2.75, 3.05) is 0 Å². The van der Waals surface area contributed by atoms with Gasteiger partial charge < -0.3 is 5.11 Å². The molecule has 2 N–H and O–H groups in total. The van der Waals surface area contributed by atoms with E-state index in [0.717, 1.165) is 44.9 Å². The molecule has 0 aliphatic carbocycles. The molecule has 24 heavy (non-hydrogen) atoms. The van der Waals surface area contributed by atoms with Crippen LogP contribution in [0.3, 0.4) is 0 Å². The van der Waals surface area contributed by atoms with Crippen molar-refractivity contribution in [2.24, 2.45) is 0 Å². The molecule has 2 unspecified atom stereocenters. The zero-order valence-electron chi connectivity index (χ0n) is 15.9. The Morgan fingerprint density at radius 1 is 0.708 bits per heavy atom. The number of rotatable bonds is 17. The van der Waals surface area contributed by atoms with Gasteiger partial charge in [-0.25, -0.2) is 0 Å². The predicted octanol–water partition coefficient (Wildman–Crippen LogP) is 5.50. The van der Waals surface area contributed by atoms with Gasteiger partial charge in [0.1, 0.15) is 0 Å². The van der Waals surface area contributed by atoms with E-state index < -0.39 is 15.4 Å². The average Bonchev–Trinajstić information content (AvgIpc) is 2.51. The second-order valence-corrected chi connectivity index (χ2v) is 8.80. The molecule has 0 heterocycles. The van der Waals surface area contributed by atoms with Gasteiger partial charge in [0.25, 0.3) is 10.1 Å². The molecule has 0 fully saturated rings. The highest BCUT2D eigenvalue weighted by atomic mass is 32.2. The van der Waals surface area contributed by atoms with Crippen molar-refractivity contribution in [1.82, 2.24) is 0 Å². The molecule has 0 aliphatic heterocycles. The van der Waals surface area contributed by atoms with E-state index in [1.807, 2.05) is 6.92 Å². The minimum Gasteiger partial charge on any atom is -0.393 e. The van der Waals surface area contributed by atoms with Crippen LogP contribution >= 0.6 is 0 Å². The Balaban J connectivity index is 3.31. The third kappa shape index (κ3) is 14.2. The van der Waals surface area contributed by atoms with Crippen molar-refractivity contribution >= 4 is 10.1 Å². The highest BCUT2D eigenvalue weighted by molar-refractivity contribution is 7.86. The molecule has 0 bridgehead atoms. The lowest BCUT2D eigenvalue weighted by Crippen LogP contribution is -2.19. The summed E-state index contributed by atoms with van der Waals surface area (Å²) in [5.74, 6) is 0. The molecule has 0 spiro atoms. The van der Waals surface area contributed by atoms with Crippen LogP contribution in [0.1, 0.15) is 110 Å². The van der Waals surface area contributed by atoms with E-state index in [1.165, 1.54) is 38.5 Å². The Bertz CT molecular complexity index is 368. The first-order valence-electron chi connectivity index (χ1n) is 10.1. The van der Waals surface area contributed by atoms with Crippen LogP contribution in [-0.2, 0) is 10.1 Å². The lowest BCUT2D eigenvalue weighted by Gasteiger charge is -2.10. The molecule has 0 aromatic rings. The summed E-state index contributed by atoms with van der Waals surface area (Å²) >= 11 is 0. The molecule has 4 nitrogen and oxygen atoms in total. The average molecular weight is 365 g/mol. The van der Waals surface area contributed by atoms with Gasteiger partial charge in [0.05, 0.1) is 11.4 Å².